The average Bonchev–Trinajstić information content (AvgIpc) is 2.59. The lowest BCUT2D eigenvalue weighted by molar-refractivity contribution is -0.134. The Labute approximate surface area is 147 Å². The highest BCUT2D eigenvalue weighted by Gasteiger charge is 2.27. The van der Waals surface area contributed by atoms with E-state index in [4.69, 9.17) is 0 Å². The minimum absolute atomic E-state index is 0.177. The van der Waals surface area contributed by atoms with Gasteiger partial charge < -0.3 is 15.1 Å². The van der Waals surface area contributed by atoms with E-state index in [-0.39, 0.29) is 12.5 Å². The monoisotopic (exact) mass is 363 g/mol. The Kier molecular flexibility index (Phi) is 7.34. The number of aliphatic imine (C=N–C) groups is 1. The van der Waals surface area contributed by atoms with Gasteiger partial charge in [0.2, 0.25) is 5.91 Å². The summed E-state index contributed by atoms with van der Waals surface area (Å²) >= 11 is 0. The highest BCUT2D eigenvalue weighted by Crippen LogP contribution is 2.18. The zero-order valence-corrected chi connectivity index (χ0v) is 14.8. The topological polar surface area (TPSA) is 51.2 Å². The first kappa shape index (κ1) is 19.8. The third-order valence-electron chi connectivity index (χ3n) is 4.64. The quantitative estimate of drug-likeness (QED) is 0.601. The fourth-order valence-electron chi connectivity index (χ4n) is 3.20. The number of nitrogens with one attached hydrogen (secondary N) is 1. The molecule has 2 rings (SSSR count). The number of carbonyl (C=O) groups excluding carboxylic acids is 1. The van der Waals surface area contributed by atoms with Crippen LogP contribution in [0.4, 0.5) is 13.2 Å². The summed E-state index contributed by atoms with van der Waals surface area (Å²) < 4.78 is 36.7. The number of amides is 1. The van der Waals surface area contributed by atoms with E-state index in [9.17, 15) is 18.0 Å². The molecule has 6 nitrogen and oxygen atoms in total. The molecule has 9 heteroatoms. The summed E-state index contributed by atoms with van der Waals surface area (Å²) in [5, 5.41) is 2.77. The van der Waals surface area contributed by atoms with Crippen LogP contribution in [-0.2, 0) is 4.79 Å². The van der Waals surface area contributed by atoms with Crippen LogP contribution in [-0.4, -0.2) is 92.1 Å². The van der Waals surface area contributed by atoms with Gasteiger partial charge in [-0.1, -0.05) is 0 Å². The molecule has 2 heterocycles. The largest absolute Gasteiger partial charge is 0.390 e. The van der Waals surface area contributed by atoms with Gasteiger partial charge in [0.15, 0.2) is 5.96 Å². The second-order valence-corrected chi connectivity index (χ2v) is 6.54. The lowest BCUT2D eigenvalue weighted by atomic mass is 10.1. The van der Waals surface area contributed by atoms with Crippen molar-refractivity contribution in [2.24, 2.45) is 4.99 Å². The van der Waals surface area contributed by atoms with Gasteiger partial charge in [0.25, 0.3) is 0 Å². The molecular formula is C16H28F3N5O. The van der Waals surface area contributed by atoms with E-state index in [0.29, 0.717) is 38.7 Å². The molecule has 0 saturated carbocycles. The van der Waals surface area contributed by atoms with E-state index in [1.165, 1.54) is 6.42 Å². The molecule has 1 N–H and O–H groups in total. The SMILES string of the molecule is CN=C(NCCC(F)(F)F)N1CCN(CC(=O)N2CCCCC2)CC1. The Morgan fingerprint density at radius 3 is 2.20 bits per heavy atom. The van der Waals surface area contributed by atoms with Crippen molar-refractivity contribution in [2.45, 2.75) is 31.9 Å². The van der Waals surface area contributed by atoms with Crippen LogP contribution in [0.3, 0.4) is 0 Å². The molecule has 0 aromatic heterocycles. The van der Waals surface area contributed by atoms with Gasteiger partial charge in [0.1, 0.15) is 0 Å². The van der Waals surface area contributed by atoms with Crippen molar-refractivity contribution < 1.29 is 18.0 Å². The van der Waals surface area contributed by atoms with Crippen LogP contribution >= 0.6 is 0 Å². The molecule has 0 aromatic carbocycles. The molecule has 0 bridgehead atoms. The van der Waals surface area contributed by atoms with Gasteiger partial charge in [-0.2, -0.15) is 13.2 Å². The smallest absolute Gasteiger partial charge is 0.356 e. The van der Waals surface area contributed by atoms with E-state index < -0.39 is 12.6 Å². The van der Waals surface area contributed by atoms with Gasteiger partial charge in [-0.25, -0.2) is 0 Å². The molecule has 2 saturated heterocycles. The van der Waals surface area contributed by atoms with Crippen molar-refractivity contribution in [1.29, 1.82) is 0 Å². The highest BCUT2D eigenvalue weighted by molar-refractivity contribution is 5.80. The maximum Gasteiger partial charge on any atom is 0.390 e. The maximum atomic E-state index is 12.3. The van der Waals surface area contributed by atoms with Crippen molar-refractivity contribution in [3.8, 4) is 0 Å². The zero-order chi connectivity index (χ0) is 18.3. The lowest BCUT2D eigenvalue weighted by Crippen LogP contribution is -2.54. The van der Waals surface area contributed by atoms with E-state index in [1.807, 2.05) is 9.80 Å². The number of rotatable bonds is 4. The van der Waals surface area contributed by atoms with E-state index in [0.717, 1.165) is 25.9 Å². The van der Waals surface area contributed by atoms with Crippen LogP contribution in [0, 0.1) is 0 Å². The number of piperidine rings is 1. The summed E-state index contributed by atoms with van der Waals surface area (Å²) in [6, 6.07) is 0. The number of nitrogens with zero attached hydrogens (tertiary/aromatic N) is 4. The molecule has 2 fully saturated rings. The van der Waals surface area contributed by atoms with E-state index >= 15 is 0 Å². The maximum absolute atomic E-state index is 12.3. The lowest BCUT2D eigenvalue weighted by Gasteiger charge is -2.37. The first-order valence-electron chi connectivity index (χ1n) is 8.91. The molecule has 0 aromatic rings. The standard InChI is InChI=1S/C16H28F3N5O/c1-20-15(21-6-5-16(17,18)19)24-11-9-22(10-12-24)13-14(25)23-7-3-2-4-8-23/h2-13H2,1H3,(H,20,21). The summed E-state index contributed by atoms with van der Waals surface area (Å²) in [4.78, 5) is 22.4. The highest BCUT2D eigenvalue weighted by atomic mass is 19.4. The van der Waals surface area contributed by atoms with Gasteiger partial charge in [-0.15, -0.1) is 0 Å². The van der Waals surface area contributed by atoms with E-state index in [2.05, 4.69) is 15.2 Å². The number of alkyl halides is 3. The summed E-state index contributed by atoms with van der Waals surface area (Å²) in [6.45, 7) is 4.68. The molecule has 0 atom stereocenters. The molecule has 0 radical (unpaired) electrons. The van der Waals surface area contributed by atoms with Crippen LogP contribution < -0.4 is 5.32 Å². The molecule has 144 valence electrons. The first-order chi connectivity index (χ1) is 11.9. The predicted octanol–water partition coefficient (Wildman–Crippen LogP) is 1.14. The van der Waals surface area contributed by atoms with Crippen LogP contribution in [0.5, 0.6) is 0 Å². The van der Waals surface area contributed by atoms with Gasteiger partial charge in [0.05, 0.1) is 13.0 Å². The van der Waals surface area contributed by atoms with Crippen LogP contribution in [0.2, 0.25) is 0 Å². The summed E-state index contributed by atoms with van der Waals surface area (Å²) in [6.07, 6.45) is -1.68. The molecule has 0 unspecified atom stereocenters. The Balaban J connectivity index is 1.71. The van der Waals surface area contributed by atoms with Crippen molar-refractivity contribution in [3.63, 3.8) is 0 Å². The fourth-order valence-corrected chi connectivity index (χ4v) is 3.20. The van der Waals surface area contributed by atoms with Crippen molar-refractivity contribution >= 4 is 11.9 Å². The summed E-state index contributed by atoms with van der Waals surface area (Å²) in [7, 11) is 1.57. The van der Waals surface area contributed by atoms with Gasteiger partial charge >= 0.3 is 6.18 Å². The molecule has 2 aliphatic heterocycles. The molecule has 0 spiro atoms. The van der Waals surface area contributed by atoms with Crippen molar-refractivity contribution in [2.75, 3.05) is 59.4 Å². The van der Waals surface area contributed by atoms with Gasteiger partial charge in [-0.05, 0) is 19.3 Å². The molecule has 2 aliphatic rings. The molecule has 0 aliphatic carbocycles. The number of piperazine rings is 1. The van der Waals surface area contributed by atoms with Crippen molar-refractivity contribution in [3.05, 3.63) is 0 Å². The second-order valence-electron chi connectivity index (χ2n) is 6.54. The number of carbonyl (C=O) groups is 1. The van der Waals surface area contributed by atoms with Crippen molar-refractivity contribution in [1.82, 2.24) is 20.0 Å². The Hall–Kier alpha value is -1.51. The predicted molar refractivity (Wildman–Crippen MR) is 90.5 cm³/mol. The Bertz CT molecular complexity index is 455. The fraction of sp³-hybridized carbons (Fsp3) is 0.875. The second kappa shape index (κ2) is 9.26. The first-order valence-corrected chi connectivity index (χ1v) is 8.91. The van der Waals surface area contributed by atoms with Crippen LogP contribution in [0.1, 0.15) is 25.7 Å². The Morgan fingerprint density at radius 2 is 1.64 bits per heavy atom. The number of hydrogen-bond acceptors (Lipinski definition) is 3. The number of guanidine groups is 1. The minimum Gasteiger partial charge on any atom is -0.356 e. The third kappa shape index (κ3) is 6.72. The summed E-state index contributed by atoms with van der Waals surface area (Å²) in [5.74, 6) is 0.673. The van der Waals surface area contributed by atoms with Gasteiger partial charge in [0, 0.05) is 52.9 Å². The third-order valence-corrected chi connectivity index (χ3v) is 4.64. The zero-order valence-electron chi connectivity index (χ0n) is 14.8. The molecule has 1 amide bonds. The van der Waals surface area contributed by atoms with E-state index in [1.54, 1.807) is 7.05 Å². The van der Waals surface area contributed by atoms with Crippen LogP contribution in [0.15, 0.2) is 4.99 Å². The number of hydrogen-bond donors (Lipinski definition) is 1. The number of likely N-dealkylation sites (tertiary alicyclic amines) is 1. The molecule has 25 heavy (non-hydrogen) atoms. The van der Waals surface area contributed by atoms with Crippen LogP contribution in [0.25, 0.3) is 0 Å². The minimum atomic E-state index is -4.17. The summed E-state index contributed by atoms with van der Waals surface area (Å²) in [5.41, 5.74) is 0. The normalized spacial score (nSPS) is 20.7. The average molecular weight is 363 g/mol. The number of halogens is 3. The molecular weight excluding hydrogens is 335 g/mol. The Morgan fingerprint density at radius 1 is 1.00 bits per heavy atom. The van der Waals surface area contributed by atoms with Gasteiger partial charge in [-0.3, -0.25) is 14.7 Å².